The second-order valence-corrected chi connectivity index (χ2v) is 5.18. The Morgan fingerprint density at radius 1 is 1.11 bits per heavy atom. The van der Waals surface area contributed by atoms with Gasteiger partial charge in [0, 0.05) is 12.5 Å². The topological polar surface area (TPSA) is 52.8 Å². The lowest BCUT2D eigenvalue weighted by Crippen LogP contribution is -2.17. The van der Waals surface area contributed by atoms with Crippen LogP contribution in [0, 0.1) is 0 Å². The lowest BCUT2D eigenvalue weighted by molar-refractivity contribution is -0.0298. The number of nitrogens with zero attached hydrogens (tertiary/aromatic N) is 4. The van der Waals surface area contributed by atoms with Crippen molar-refractivity contribution in [3.63, 3.8) is 0 Å². The summed E-state index contributed by atoms with van der Waals surface area (Å²) in [5, 5.41) is 0. The normalized spacial score (nSPS) is 24.6. The van der Waals surface area contributed by atoms with Gasteiger partial charge in [0.25, 0.3) is 0 Å². The highest BCUT2D eigenvalue weighted by Crippen LogP contribution is 2.41. The highest BCUT2D eigenvalue weighted by molar-refractivity contribution is 5.74. The number of rotatable bonds is 2. The molecule has 0 spiro atoms. The molecule has 94 valence electrons. The van der Waals surface area contributed by atoms with Crippen molar-refractivity contribution in [2.24, 2.45) is 0 Å². The zero-order valence-electron chi connectivity index (χ0n) is 10.2. The van der Waals surface area contributed by atoms with Gasteiger partial charge in [-0.05, 0) is 32.1 Å². The van der Waals surface area contributed by atoms with Crippen molar-refractivity contribution >= 4 is 11.2 Å². The fourth-order valence-corrected chi connectivity index (χ4v) is 2.68. The maximum Gasteiger partial charge on any atom is 0.165 e. The monoisotopic (exact) mass is 244 g/mol. The molecule has 2 aromatic rings. The molecule has 0 N–H and O–H groups in total. The molecule has 1 atom stereocenters. The van der Waals surface area contributed by atoms with Crippen molar-refractivity contribution in [3.05, 3.63) is 18.3 Å². The van der Waals surface area contributed by atoms with E-state index in [1.807, 2.05) is 6.33 Å². The summed E-state index contributed by atoms with van der Waals surface area (Å²) in [6, 6.07) is 0. The molecule has 5 heteroatoms. The van der Waals surface area contributed by atoms with Crippen molar-refractivity contribution in [2.45, 2.75) is 44.2 Å². The highest BCUT2D eigenvalue weighted by Gasteiger charge is 2.29. The quantitative estimate of drug-likeness (QED) is 0.814. The molecular weight excluding hydrogens is 228 g/mol. The first-order valence-corrected chi connectivity index (χ1v) is 6.72. The van der Waals surface area contributed by atoms with Crippen LogP contribution in [0.15, 0.2) is 12.7 Å². The van der Waals surface area contributed by atoms with Crippen LogP contribution in [0.5, 0.6) is 0 Å². The Morgan fingerprint density at radius 2 is 2.06 bits per heavy atom. The number of imidazole rings is 1. The molecule has 2 fully saturated rings. The third kappa shape index (κ3) is 1.61. The van der Waals surface area contributed by atoms with Crippen LogP contribution in [0.3, 0.4) is 0 Å². The van der Waals surface area contributed by atoms with Gasteiger partial charge in [-0.1, -0.05) is 0 Å². The zero-order chi connectivity index (χ0) is 11.9. The number of hydrogen-bond donors (Lipinski definition) is 0. The lowest BCUT2D eigenvalue weighted by atomic mass is 10.2. The summed E-state index contributed by atoms with van der Waals surface area (Å²) in [5.74, 6) is 0.603. The Kier molecular flexibility index (Phi) is 2.33. The Morgan fingerprint density at radius 3 is 2.83 bits per heavy atom. The predicted molar refractivity (Wildman–Crippen MR) is 66.1 cm³/mol. The average molecular weight is 244 g/mol. The van der Waals surface area contributed by atoms with Crippen LogP contribution in [0.4, 0.5) is 0 Å². The molecule has 1 aliphatic heterocycles. The molecule has 4 rings (SSSR count). The number of hydrogen-bond acceptors (Lipinski definition) is 4. The molecule has 1 saturated carbocycles. The van der Waals surface area contributed by atoms with E-state index >= 15 is 0 Å². The third-order valence-electron chi connectivity index (χ3n) is 3.82. The first-order chi connectivity index (χ1) is 8.93. The summed E-state index contributed by atoms with van der Waals surface area (Å²) in [6.45, 7) is 0.838. The minimum Gasteiger partial charge on any atom is -0.358 e. The smallest absolute Gasteiger partial charge is 0.165 e. The summed E-state index contributed by atoms with van der Waals surface area (Å²) in [6.07, 6.45) is 9.52. The standard InChI is InChI=1S/C13H16N4O/c1-2-6-18-10(3-1)17-8-16-12-11(9-4-5-9)14-7-15-13(12)17/h7-10H,1-6H2. The van der Waals surface area contributed by atoms with Crippen molar-refractivity contribution in [1.82, 2.24) is 19.5 Å². The Balaban J connectivity index is 1.79. The zero-order valence-corrected chi connectivity index (χ0v) is 10.2. The number of aromatic nitrogens is 4. The van der Waals surface area contributed by atoms with Crippen molar-refractivity contribution in [2.75, 3.05) is 6.61 Å². The van der Waals surface area contributed by atoms with Gasteiger partial charge in [-0.15, -0.1) is 0 Å². The van der Waals surface area contributed by atoms with Crippen LogP contribution >= 0.6 is 0 Å². The molecule has 1 unspecified atom stereocenters. The first-order valence-electron chi connectivity index (χ1n) is 6.72. The summed E-state index contributed by atoms with van der Waals surface area (Å²) >= 11 is 0. The van der Waals surface area contributed by atoms with Crippen LogP contribution in [0.2, 0.25) is 0 Å². The van der Waals surface area contributed by atoms with Gasteiger partial charge in [-0.2, -0.15) is 0 Å². The van der Waals surface area contributed by atoms with Crippen LogP contribution in [0.1, 0.15) is 49.9 Å². The second kappa shape index (κ2) is 4.02. The third-order valence-corrected chi connectivity index (χ3v) is 3.82. The Labute approximate surface area is 105 Å². The van der Waals surface area contributed by atoms with Gasteiger partial charge in [0.1, 0.15) is 18.1 Å². The van der Waals surface area contributed by atoms with Crippen molar-refractivity contribution in [3.8, 4) is 0 Å². The van der Waals surface area contributed by atoms with E-state index in [0.717, 1.165) is 36.3 Å². The summed E-state index contributed by atoms with van der Waals surface area (Å²) in [7, 11) is 0. The molecule has 3 heterocycles. The van der Waals surface area contributed by atoms with E-state index in [4.69, 9.17) is 4.74 Å². The van der Waals surface area contributed by atoms with Gasteiger partial charge in [0.2, 0.25) is 0 Å². The van der Waals surface area contributed by atoms with Gasteiger partial charge in [-0.25, -0.2) is 15.0 Å². The van der Waals surface area contributed by atoms with Gasteiger partial charge in [0.05, 0.1) is 12.0 Å². The van der Waals surface area contributed by atoms with Gasteiger partial charge < -0.3 is 4.74 Å². The second-order valence-electron chi connectivity index (χ2n) is 5.18. The lowest BCUT2D eigenvalue weighted by Gasteiger charge is -2.23. The van der Waals surface area contributed by atoms with E-state index in [1.54, 1.807) is 6.33 Å². The molecule has 2 aliphatic rings. The Bertz CT molecular complexity index is 569. The molecule has 0 amide bonds. The van der Waals surface area contributed by atoms with Crippen LogP contribution < -0.4 is 0 Å². The van der Waals surface area contributed by atoms with E-state index in [9.17, 15) is 0 Å². The van der Waals surface area contributed by atoms with Gasteiger partial charge in [0.15, 0.2) is 5.65 Å². The van der Waals surface area contributed by atoms with Crippen molar-refractivity contribution in [1.29, 1.82) is 0 Å². The molecule has 1 aliphatic carbocycles. The number of fused-ring (bicyclic) bond motifs is 1. The van der Waals surface area contributed by atoms with E-state index in [1.165, 1.54) is 19.3 Å². The maximum atomic E-state index is 5.81. The molecule has 18 heavy (non-hydrogen) atoms. The highest BCUT2D eigenvalue weighted by atomic mass is 16.5. The SMILES string of the molecule is c1nc(C2CC2)c2ncn(C3CCCCO3)c2n1. The minimum atomic E-state index is 0.103. The van der Waals surface area contributed by atoms with Crippen LogP contribution in [0.25, 0.3) is 11.2 Å². The average Bonchev–Trinajstić information content (AvgIpc) is 3.18. The molecule has 2 aromatic heterocycles. The molecule has 5 nitrogen and oxygen atoms in total. The largest absolute Gasteiger partial charge is 0.358 e. The number of ether oxygens (including phenoxy) is 1. The van der Waals surface area contributed by atoms with E-state index in [-0.39, 0.29) is 6.23 Å². The maximum absolute atomic E-state index is 5.81. The summed E-state index contributed by atoms with van der Waals surface area (Å²) < 4.78 is 7.88. The van der Waals surface area contributed by atoms with Gasteiger partial charge in [-0.3, -0.25) is 4.57 Å². The molecule has 0 bridgehead atoms. The summed E-state index contributed by atoms with van der Waals surface area (Å²) in [4.78, 5) is 13.3. The van der Waals surface area contributed by atoms with Crippen molar-refractivity contribution < 1.29 is 4.74 Å². The minimum absolute atomic E-state index is 0.103. The van der Waals surface area contributed by atoms with Gasteiger partial charge >= 0.3 is 0 Å². The Hall–Kier alpha value is -1.49. The first kappa shape index (κ1) is 10.4. The molecule has 0 radical (unpaired) electrons. The fourth-order valence-electron chi connectivity index (χ4n) is 2.68. The van der Waals surface area contributed by atoms with E-state index in [2.05, 4.69) is 19.5 Å². The van der Waals surface area contributed by atoms with Crippen LogP contribution in [-0.2, 0) is 4.74 Å². The summed E-state index contributed by atoms with van der Waals surface area (Å²) in [5.41, 5.74) is 3.02. The van der Waals surface area contributed by atoms with Crippen LogP contribution in [-0.4, -0.2) is 26.1 Å². The predicted octanol–water partition coefficient (Wildman–Crippen LogP) is 2.40. The molecular formula is C13H16N4O. The molecule has 0 aromatic carbocycles. The fraction of sp³-hybridized carbons (Fsp3) is 0.615. The van der Waals surface area contributed by atoms with E-state index in [0.29, 0.717) is 5.92 Å². The van der Waals surface area contributed by atoms with E-state index < -0.39 is 0 Å². The molecule has 1 saturated heterocycles.